The van der Waals surface area contributed by atoms with Crippen LogP contribution in [0.15, 0.2) is 17.0 Å². The van der Waals surface area contributed by atoms with E-state index in [-0.39, 0.29) is 27.9 Å². The molecular weight excluding hydrogens is 368 g/mol. The van der Waals surface area contributed by atoms with Crippen LogP contribution in [0, 0.1) is 11.3 Å². The second-order valence-electron chi connectivity index (χ2n) is 11.2. The summed E-state index contributed by atoms with van der Waals surface area (Å²) in [6.07, 6.45) is 1.36. The second kappa shape index (κ2) is 7.59. The van der Waals surface area contributed by atoms with Gasteiger partial charge in [-0.3, -0.25) is 9.00 Å². The Morgan fingerprint density at radius 2 is 1.39 bits per heavy atom. The highest BCUT2D eigenvalue weighted by molar-refractivity contribution is 7.86. The number of benzene rings is 1. The van der Waals surface area contributed by atoms with Gasteiger partial charge < -0.3 is 4.74 Å². The van der Waals surface area contributed by atoms with E-state index >= 15 is 0 Å². The smallest absolute Gasteiger partial charge is 0.149 e. The molecule has 0 spiro atoms. The lowest BCUT2D eigenvalue weighted by atomic mass is 9.79. The van der Waals surface area contributed by atoms with Gasteiger partial charge in [0.15, 0.2) is 0 Å². The number of methoxy groups -OCH3 is 1. The van der Waals surface area contributed by atoms with Gasteiger partial charge in [-0.25, -0.2) is 0 Å². The molecule has 1 saturated carbocycles. The van der Waals surface area contributed by atoms with Crippen molar-refractivity contribution < 1.29 is 13.7 Å². The third-order valence-corrected chi connectivity index (χ3v) is 7.60. The highest BCUT2D eigenvalue weighted by Gasteiger charge is 2.45. The van der Waals surface area contributed by atoms with Gasteiger partial charge in [-0.2, -0.15) is 0 Å². The zero-order valence-corrected chi connectivity index (χ0v) is 20.2. The van der Waals surface area contributed by atoms with E-state index in [0.717, 1.165) is 28.2 Å². The third kappa shape index (κ3) is 4.53. The van der Waals surface area contributed by atoms with Gasteiger partial charge in [0.05, 0.1) is 17.9 Å². The van der Waals surface area contributed by atoms with Gasteiger partial charge in [-0.05, 0) is 40.7 Å². The van der Waals surface area contributed by atoms with Gasteiger partial charge in [0.2, 0.25) is 0 Å². The molecule has 2 rings (SSSR count). The largest absolute Gasteiger partial charge is 0.496 e. The van der Waals surface area contributed by atoms with Crippen molar-refractivity contribution in [3.05, 3.63) is 23.3 Å². The van der Waals surface area contributed by atoms with Crippen LogP contribution in [0.3, 0.4) is 0 Å². The van der Waals surface area contributed by atoms with Gasteiger partial charge >= 0.3 is 0 Å². The molecule has 3 nitrogen and oxygen atoms in total. The molecule has 0 amide bonds. The molecule has 0 saturated heterocycles. The van der Waals surface area contributed by atoms with Crippen LogP contribution in [0.4, 0.5) is 0 Å². The Kier molecular flexibility index (Phi) is 6.27. The maximum absolute atomic E-state index is 13.7. The average Bonchev–Trinajstić information content (AvgIpc) is 2.93. The molecular formula is C24H38O3S. The first-order valence-corrected chi connectivity index (χ1v) is 11.5. The fourth-order valence-corrected chi connectivity index (χ4v) is 6.13. The summed E-state index contributed by atoms with van der Waals surface area (Å²) in [6, 6.07) is 4.02. The van der Waals surface area contributed by atoms with Crippen molar-refractivity contribution in [1.29, 1.82) is 0 Å². The predicted molar refractivity (Wildman–Crippen MR) is 118 cm³/mol. The van der Waals surface area contributed by atoms with E-state index in [0.29, 0.717) is 6.42 Å². The number of Topliss-reactive ketones (excluding diaryl/α,β-unsaturated/α-hetero) is 1. The summed E-state index contributed by atoms with van der Waals surface area (Å²) in [5, 5.41) is -0.422. The number of hydrogen-bond acceptors (Lipinski definition) is 3. The topological polar surface area (TPSA) is 43.4 Å². The van der Waals surface area contributed by atoms with Gasteiger partial charge in [0, 0.05) is 22.4 Å². The maximum Gasteiger partial charge on any atom is 0.149 e. The number of hydrogen-bond donors (Lipinski definition) is 0. The first kappa shape index (κ1) is 23.1. The van der Waals surface area contributed by atoms with Crippen molar-refractivity contribution in [3.8, 4) is 5.75 Å². The zero-order valence-electron chi connectivity index (χ0n) is 19.4. The summed E-state index contributed by atoms with van der Waals surface area (Å²) >= 11 is 0. The fourth-order valence-electron chi connectivity index (χ4n) is 4.17. The summed E-state index contributed by atoms with van der Waals surface area (Å²) in [4.78, 5) is 13.5. The number of carbonyl (C=O) groups excluding carboxylic acids is 1. The van der Waals surface area contributed by atoms with Crippen LogP contribution in [-0.4, -0.2) is 22.4 Å². The number of carbonyl (C=O) groups is 1. The monoisotopic (exact) mass is 406 g/mol. The van der Waals surface area contributed by atoms with E-state index in [1.165, 1.54) is 0 Å². The molecule has 0 N–H and O–H groups in total. The van der Waals surface area contributed by atoms with Crippen molar-refractivity contribution in [2.45, 2.75) is 96.1 Å². The maximum atomic E-state index is 13.7. The summed E-state index contributed by atoms with van der Waals surface area (Å²) < 4.78 is 19.5. The molecule has 1 aromatic carbocycles. The van der Waals surface area contributed by atoms with E-state index in [4.69, 9.17) is 4.74 Å². The summed E-state index contributed by atoms with van der Waals surface area (Å²) in [6.45, 7) is 19.3. The van der Waals surface area contributed by atoms with Gasteiger partial charge in [0.25, 0.3) is 0 Å². The molecule has 0 aliphatic heterocycles. The molecule has 4 heteroatoms. The Labute approximate surface area is 174 Å². The minimum absolute atomic E-state index is 0.0430. The molecule has 1 aliphatic rings. The lowest BCUT2D eigenvalue weighted by molar-refractivity contribution is -0.117. The Bertz CT molecular complexity index is 738. The van der Waals surface area contributed by atoms with Crippen LogP contribution in [-0.2, 0) is 26.4 Å². The Morgan fingerprint density at radius 3 is 1.75 bits per heavy atom. The molecule has 0 bridgehead atoms. The van der Waals surface area contributed by atoms with Gasteiger partial charge in [-0.15, -0.1) is 0 Å². The number of ketones is 1. The molecule has 0 radical (unpaired) electrons. The van der Waals surface area contributed by atoms with Gasteiger partial charge in [0.1, 0.15) is 16.8 Å². The first-order chi connectivity index (χ1) is 12.6. The Balaban J connectivity index is 2.68. The Morgan fingerprint density at radius 1 is 0.929 bits per heavy atom. The standard InChI is InChI=1S/C24H38O3S/c1-22(2,3)16-11-12-19(25)21(16)28(26)15-13-17(23(4,5)6)20(27-10)18(14-15)24(7,8)9/h13-14,16,21H,11-12H2,1-10H3/t16-,21+,28?/m0/s1. The summed E-state index contributed by atoms with van der Waals surface area (Å²) in [5.74, 6) is 1.15. The zero-order chi connectivity index (χ0) is 21.7. The van der Waals surface area contributed by atoms with Crippen LogP contribution in [0.2, 0.25) is 0 Å². The molecule has 28 heavy (non-hydrogen) atoms. The van der Waals surface area contributed by atoms with Crippen molar-refractivity contribution in [2.24, 2.45) is 11.3 Å². The lowest BCUT2D eigenvalue weighted by Gasteiger charge is -2.32. The van der Waals surface area contributed by atoms with E-state index in [1.807, 2.05) is 12.1 Å². The second-order valence-corrected chi connectivity index (χ2v) is 12.8. The summed E-state index contributed by atoms with van der Waals surface area (Å²) in [7, 11) is 0.330. The molecule has 0 aromatic heterocycles. The molecule has 0 heterocycles. The lowest BCUT2D eigenvalue weighted by Crippen LogP contribution is -2.35. The Hall–Kier alpha value is -1.16. The molecule has 1 aromatic rings. The quantitative estimate of drug-likeness (QED) is 0.638. The number of rotatable bonds is 3. The number of ether oxygens (including phenoxy) is 1. The minimum Gasteiger partial charge on any atom is -0.496 e. The normalized spacial score (nSPS) is 22.4. The molecule has 1 fully saturated rings. The highest BCUT2D eigenvalue weighted by Crippen LogP contribution is 2.45. The van der Waals surface area contributed by atoms with Crippen LogP contribution in [0.1, 0.15) is 86.3 Å². The molecule has 3 atom stereocenters. The molecule has 1 aliphatic carbocycles. The molecule has 1 unspecified atom stereocenters. The van der Waals surface area contributed by atoms with Crippen molar-refractivity contribution in [2.75, 3.05) is 7.11 Å². The van der Waals surface area contributed by atoms with Crippen LogP contribution < -0.4 is 4.74 Å². The van der Waals surface area contributed by atoms with Crippen molar-refractivity contribution in [3.63, 3.8) is 0 Å². The average molecular weight is 407 g/mol. The van der Waals surface area contributed by atoms with E-state index < -0.39 is 16.0 Å². The van der Waals surface area contributed by atoms with Crippen LogP contribution in [0.25, 0.3) is 0 Å². The van der Waals surface area contributed by atoms with Gasteiger partial charge in [-0.1, -0.05) is 62.3 Å². The van der Waals surface area contributed by atoms with Crippen LogP contribution in [0.5, 0.6) is 5.75 Å². The summed E-state index contributed by atoms with van der Waals surface area (Å²) in [5.41, 5.74) is 1.73. The van der Waals surface area contributed by atoms with Crippen LogP contribution >= 0.6 is 0 Å². The SMILES string of the molecule is COc1c(C(C)(C)C)cc(S(=O)[C@H]2C(=O)CC[C@@H]2C(C)(C)C)cc1C(C)(C)C. The van der Waals surface area contributed by atoms with E-state index in [1.54, 1.807) is 7.11 Å². The first-order valence-electron chi connectivity index (χ1n) is 10.3. The minimum atomic E-state index is -1.37. The van der Waals surface area contributed by atoms with Crippen molar-refractivity contribution >= 4 is 16.6 Å². The van der Waals surface area contributed by atoms with E-state index in [9.17, 15) is 9.00 Å². The predicted octanol–water partition coefficient (Wildman–Crippen LogP) is 5.79. The fraction of sp³-hybridized carbons (Fsp3) is 0.708. The highest BCUT2D eigenvalue weighted by atomic mass is 32.2. The van der Waals surface area contributed by atoms with Crippen molar-refractivity contribution in [1.82, 2.24) is 0 Å². The third-order valence-electron chi connectivity index (χ3n) is 5.84. The van der Waals surface area contributed by atoms with E-state index in [2.05, 4.69) is 62.3 Å². The molecule has 158 valence electrons.